The highest BCUT2D eigenvalue weighted by Crippen LogP contribution is 2.35. The highest BCUT2D eigenvalue weighted by molar-refractivity contribution is 7.22. The summed E-state index contributed by atoms with van der Waals surface area (Å²) in [6.07, 6.45) is 4.19. The summed E-state index contributed by atoms with van der Waals surface area (Å²) in [6, 6.07) is 10.7. The maximum atomic E-state index is 5.46. The van der Waals surface area contributed by atoms with Gasteiger partial charge in [-0.2, -0.15) is 10.1 Å². The van der Waals surface area contributed by atoms with Crippen molar-refractivity contribution in [3.05, 3.63) is 42.2 Å². The minimum atomic E-state index is 0.505. The zero-order chi connectivity index (χ0) is 19.9. The lowest BCUT2D eigenvalue weighted by Gasteiger charge is -2.32. The Morgan fingerprint density at radius 1 is 1.03 bits per heavy atom. The normalized spacial score (nSPS) is 18.5. The number of piperidine rings is 1. The zero-order valence-electron chi connectivity index (χ0n) is 16.8. The van der Waals surface area contributed by atoms with E-state index in [9.17, 15) is 0 Å². The lowest BCUT2D eigenvalue weighted by atomic mass is 9.91. The molecule has 3 aromatic heterocycles. The first-order chi connectivity index (χ1) is 14.8. The van der Waals surface area contributed by atoms with Crippen molar-refractivity contribution in [2.45, 2.75) is 18.8 Å². The molecule has 4 aromatic rings. The number of morpholine rings is 1. The molecule has 1 aromatic carbocycles. The molecule has 0 amide bonds. The number of benzene rings is 1. The van der Waals surface area contributed by atoms with Crippen LogP contribution in [-0.4, -0.2) is 59.6 Å². The van der Waals surface area contributed by atoms with Crippen molar-refractivity contribution in [3.63, 3.8) is 0 Å². The van der Waals surface area contributed by atoms with Gasteiger partial charge in [-0.15, -0.1) is 0 Å². The van der Waals surface area contributed by atoms with Gasteiger partial charge in [-0.05, 0) is 25.0 Å². The van der Waals surface area contributed by atoms with E-state index < -0.39 is 0 Å². The first-order valence-electron chi connectivity index (χ1n) is 10.6. The Morgan fingerprint density at radius 2 is 1.87 bits per heavy atom. The fourth-order valence-corrected chi connectivity index (χ4v) is 5.58. The van der Waals surface area contributed by atoms with Gasteiger partial charge in [-0.1, -0.05) is 29.5 Å². The Balaban J connectivity index is 1.19. The number of ether oxygens (including phenoxy) is 1. The predicted octanol–water partition coefficient (Wildman–Crippen LogP) is 3.79. The van der Waals surface area contributed by atoms with Crippen molar-refractivity contribution in [1.82, 2.24) is 20.2 Å². The molecule has 0 unspecified atom stereocenters. The molecule has 0 saturated carbocycles. The van der Waals surface area contributed by atoms with E-state index in [-0.39, 0.29) is 0 Å². The van der Waals surface area contributed by atoms with Crippen LogP contribution in [0.4, 0.5) is 10.8 Å². The maximum absolute atomic E-state index is 5.46. The average molecular weight is 421 g/mol. The number of hydrogen-bond acceptors (Lipinski definition) is 7. The Bertz CT molecular complexity index is 1170. The van der Waals surface area contributed by atoms with Gasteiger partial charge in [0.1, 0.15) is 0 Å². The van der Waals surface area contributed by atoms with Crippen LogP contribution in [-0.2, 0) is 4.74 Å². The number of pyridine rings is 1. The monoisotopic (exact) mass is 420 g/mol. The highest BCUT2D eigenvalue weighted by Gasteiger charge is 2.25. The van der Waals surface area contributed by atoms with Crippen LogP contribution < -0.4 is 9.80 Å². The molecule has 30 heavy (non-hydrogen) atoms. The molecule has 1 N–H and O–H groups in total. The number of hydrogen-bond donors (Lipinski definition) is 1. The number of rotatable bonds is 3. The van der Waals surface area contributed by atoms with Gasteiger partial charge in [0.15, 0.2) is 10.8 Å². The van der Waals surface area contributed by atoms with Gasteiger partial charge in [0.25, 0.3) is 0 Å². The number of anilines is 2. The Labute approximate surface area is 178 Å². The summed E-state index contributed by atoms with van der Waals surface area (Å²) in [5.74, 6) is 0.505. The summed E-state index contributed by atoms with van der Waals surface area (Å²) in [6.45, 7) is 5.40. The Morgan fingerprint density at radius 3 is 2.73 bits per heavy atom. The third-order valence-corrected chi connectivity index (χ3v) is 7.30. The zero-order valence-corrected chi connectivity index (χ0v) is 17.6. The molecule has 154 valence electrons. The van der Waals surface area contributed by atoms with Gasteiger partial charge in [-0.3, -0.25) is 5.10 Å². The number of para-hydroxylation sites is 1. The van der Waals surface area contributed by atoms with Crippen molar-refractivity contribution in [3.8, 4) is 0 Å². The van der Waals surface area contributed by atoms with Crippen molar-refractivity contribution >= 4 is 43.4 Å². The van der Waals surface area contributed by atoms with E-state index >= 15 is 0 Å². The van der Waals surface area contributed by atoms with Crippen LogP contribution in [0.3, 0.4) is 0 Å². The SMILES string of the molecule is c1ccc2c(C3CCN(c4cnc5nc(N6CCOCC6)sc5c4)CC3)n[nH]c2c1. The summed E-state index contributed by atoms with van der Waals surface area (Å²) in [5, 5.41) is 10.1. The molecule has 0 bridgehead atoms. The minimum Gasteiger partial charge on any atom is -0.378 e. The second kappa shape index (κ2) is 7.52. The molecule has 2 aliphatic rings. The molecule has 0 atom stereocenters. The number of aromatic amines is 1. The first-order valence-corrected chi connectivity index (χ1v) is 11.4. The van der Waals surface area contributed by atoms with Crippen LogP contribution in [0.15, 0.2) is 36.5 Å². The summed E-state index contributed by atoms with van der Waals surface area (Å²) in [4.78, 5) is 14.2. The van der Waals surface area contributed by atoms with Crippen molar-refractivity contribution in [2.24, 2.45) is 0 Å². The molecular formula is C22H24N6OS. The summed E-state index contributed by atoms with van der Waals surface area (Å²) >= 11 is 1.74. The van der Waals surface area contributed by atoms with Crippen molar-refractivity contribution < 1.29 is 4.74 Å². The van der Waals surface area contributed by atoms with E-state index in [4.69, 9.17) is 9.72 Å². The molecule has 0 aliphatic carbocycles. The second-order valence-electron chi connectivity index (χ2n) is 8.03. The molecule has 2 aliphatic heterocycles. The molecule has 2 saturated heterocycles. The third kappa shape index (κ3) is 3.20. The van der Waals surface area contributed by atoms with E-state index in [0.29, 0.717) is 5.92 Å². The molecule has 6 rings (SSSR count). The molecule has 7 nitrogen and oxygen atoms in total. The molecule has 2 fully saturated rings. The number of nitrogens with zero attached hydrogens (tertiary/aromatic N) is 5. The van der Waals surface area contributed by atoms with Crippen LogP contribution in [0.25, 0.3) is 21.3 Å². The van der Waals surface area contributed by atoms with E-state index in [1.807, 2.05) is 6.20 Å². The largest absolute Gasteiger partial charge is 0.378 e. The van der Waals surface area contributed by atoms with Gasteiger partial charge in [0.2, 0.25) is 0 Å². The number of H-pyrrole nitrogens is 1. The summed E-state index contributed by atoms with van der Waals surface area (Å²) in [5.41, 5.74) is 4.40. The fraction of sp³-hybridized carbons (Fsp3) is 0.409. The standard InChI is InChI=1S/C22H24N6OS/c1-2-4-18-17(3-1)20(26-25-18)15-5-7-27(8-6-15)16-13-19-21(23-14-16)24-22(30-19)28-9-11-29-12-10-28/h1-4,13-15H,5-12H2,(H,25,26). The van der Waals surface area contributed by atoms with Gasteiger partial charge >= 0.3 is 0 Å². The second-order valence-corrected chi connectivity index (χ2v) is 9.04. The van der Waals surface area contributed by atoms with Gasteiger partial charge in [0.05, 0.1) is 41.0 Å². The van der Waals surface area contributed by atoms with Gasteiger partial charge in [-0.25, -0.2) is 4.98 Å². The quantitative estimate of drug-likeness (QED) is 0.544. The van der Waals surface area contributed by atoms with Gasteiger partial charge < -0.3 is 14.5 Å². The van der Waals surface area contributed by atoms with E-state index in [0.717, 1.165) is 73.2 Å². The number of thiazole rings is 1. The molecule has 8 heteroatoms. The van der Waals surface area contributed by atoms with Crippen LogP contribution in [0.5, 0.6) is 0 Å². The average Bonchev–Trinajstić information content (AvgIpc) is 3.44. The molecule has 0 spiro atoms. The Kier molecular flexibility index (Phi) is 4.53. The smallest absolute Gasteiger partial charge is 0.188 e. The molecule has 5 heterocycles. The third-order valence-electron chi connectivity index (χ3n) is 6.25. The number of nitrogens with one attached hydrogen (secondary N) is 1. The van der Waals surface area contributed by atoms with E-state index in [1.165, 1.54) is 16.8 Å². The van der Waals surface area contributed by atoms with Crippen molar-refractivity contribution in [1.29, 1.82) is 0 Å². The van der Waals surface area contributed by atoms with E-state index in [2.05, 4.69) is 55.3 Å². The molecule has 0 radical (unpaired) electrons. The number of aromatic nitrogens is 4. The first kappa shape index (κ1) is 18.1. The topological polar surface area (TPSA) is 70.2 Å². The lowest BCUT2D eigenvalue weighted by molar-refractivity contribution is 0.122. The van der Waals surface area contributed by atoms with Crippen LogP contribution in [0.1, 0.15) is 24.5 Å². The number of fused-ring (bicyclic) bond motifs is 2. The predicted molar refractivity (Wildman–Crippen MR) is 121 cm³/mol. The summed E-state index contributed by atoms with van der Waals surface area (Å²) < 4.78 is 6.62. The van der Waals surface area contributed by atoms with Gasteiger partial charge in [0, 0.05) is 37.5 Å². The summed E-state index contributed by atoms with van der Waals surface area (Å²) in [7, 11) is 0. The fourth-order valence-electron chi connectivity index (χ4n) is 4.57. The molecular weight excluding hydrogens is 396 g/mol. The highest BCUT2D eigenvalue weighted by atomic mass is 32.1. The van der Waals surface area contributed by atoms with Crippen LogP contribution in [0, 0.1) is 0 Å². The van der Waals surface area contributed by atoms with E-state index in [1.54, 1.807) is 11.3 Å². The van der Waals surface area contributed by atoms with Crippen LogP contribution in [0.2, 0.25) is 0 Å². The van der Waals surface area contributed by atoms with Crippen molar-refractivity contribution in [2.75, 3.05) is 49.2 Å². The maximum Gasteiger partial charge on any atom is 0.188 e. The Hall–Kier alpha value is -2.71. The minimum absolute atomic E-state index is 0.505. The lowest BCUT2D eigenvalue weighted by Crippen LogP contribution is -2.36. The van der Waals surface area contributed by atoms with Crippen LogP contribution >= 0.6 is 11.3 Å².